The molecule has 0 atom stereocenters. The van der Waals surface area contributed by atoms with Gasteiger partial charge in [0.25, 0.3) is 17.5 Å². The average molecular weight is 504 g/mol. The molecule has 0 bridgehead atoms. The fourth-order valence-corrected chi connectivity index (χ4v) is 3.20. The van der Waals surface area contributed by atoms with Gasteiger partial charge >= 0.3 is 0 Å². The van der Waals surface area contributed by atoms with E-state index in [4.69, 9.17) is 11.6 Å². The van der Waals surface area contributed by atoms with Crippen LogP contribution in [-0.4, -0.2) is 26.8 Å². The van der Waals surface area contributed by atoms with E-state index in [0.717, 1.165) is 10.5 Å². The van der Waals surface area contributed by atoms with E-state index in [1.165, 1.54) is 12.1 Å². The van der Waals surface area contributed by atoms with Crippen LogP contribution in [0.15, 0.2) is 58.0 Å². The van der Waals surface area contributed by atoms with E-state index in [2.05, 4.69) is 41.5 Å². The quantitative estimate of drug-likeness (QED) is 0.225. The van der Waals surface area contributed by atoms with Gasteiger partial charge in [-0.1, -0.05) is 23.7 Å². The summed E-state index contributed by atoms with van der Waals surface area (Å²) in [7, 11) is 0. The first-order chi connectivity index (χ1) is 14.7. The number of carbonyl (C=O) groups is 1. The molecule has 158 valence electrons. The van der Waals surface area contributed by atoms with Gasteiger partial charge in [0, 0.05) is 28.0 Å². The highest BCUT2D eigenvalue weighted by atomic mass is 79.9. The Balaban J connectivity index is 1.99. The summed E-state index contributed by atoms with van der Waals surface area (Å²) < 4.78 is 0.728. The number of nitrogens with one attached hydrogen (secondary N) is 2. The van der Waals surface area contributed by atoms with Gasteiger partial charge in [-0.05, 0) is 54.0 Å². The monoisotopic (exact) mass is 502 g/mol. The second-order valence-electron chi connectivity index (χ2n) is 6.39. The molecule has 1 aromatic heterocycles. The lowest BCUT2D eigenvalue weighted by Gasteiger charge is -2.13. The minimum atomic E-state index is -0.684. The van der Waals surface area contributed by atoms with E-state index in [1.807, 2.05) is 12.1 Å². The first-order valence-electron chi connectivity index (χ1n) is 8.91. The number of rotatable bonds is 4. The molecule has 0 aliphatic carbocycles. The van der Waals surface area contributed by atoms with Crippen LogP contribution in [0, 0.1) is 24.0 Å². The van der Waals surface area contributed by atoms with Crippen molar-refractivity contribution < 1.29 is 9.72 Å². The van der Waals surface area contributed by atoms with Crippen LogP contribution in [0.1, 0.15) is 21.7 Å². The summed E-state index contributed by atoms with van der Waals surface area (Å²) in [5.74, 6) is -0.529. The molecular weight excluding hydrogens is 488 g/mol. The predicted molar refractivity (Wildman–Crippen MR) is 122 cm³/mol. The summed E-state index contributed by atoms with van der Waals surface area (Å²) in [6, 6.07) is 12.6. The summed E-state index contributed by atoms with van der Waals surface area (Å²) in [5, 5.41) is 16.7. The molecule has 1 heterocycles. The number of benzene rings is 2. The van der Waals surface area contributed by atoms with Crippen molar-refractivity contribution in [2.24, 2.45) is 4.99 Å². The number of aryl methyl sites for hydroxylation is 2. The van der Waals surface area contributed by atoms with Gasteiger partial charge in [0.2, 0.25) is 5.96 Å². The zero-order valence-corrected chi connectivity index (χ0v) is 18.7. The maximum atomic E-state index is 12.9. The SMILES string of the molecule is Cc1cc(C)nc(/N=C(/NC(=O)c2cc([N+](=O)[O-])ccc2Cl)Nc2ccccc2Br)n1. The number of halogens is 2. The van der Waals surface area contributed by atoms with Crippen molar-refractivity contribution in [2.75, 3.05) is 5.32 Å². The van der Waals surface area contributed by atoms with Crippen LogP contribution in [0.2, 0.25) is 5.02 Å². The molecule has 2 N–H and O–H groups in total. The van der Waals surface area contributed by atoms with Crippen LogP contribution in [0.25, 0.3) is 0 Å². The lowest BCUT2D eigenvalue weighted by atomic mass is 10.2. The Hall–Kier alpha value is -3.37. The van der Waals surface area contributed by atoms with Crippen molar-refractivity contribution in [3.05, 3.63) is 85.1 Å². The van der Waals surface area contributed by atoms with Crippen molar-refractivity contribution in [3.8, 4) is 0 Å². The number of hydrogen-bond acceptors (Lipinski definition) is 6. The highest BCUT2D eigenvalue weighted by molar-refractivity contribution is 9.10. The zero-order valence-electron chi connectivity index (χ0n) is 16.4. The first kappa shape index (κ1) is 22.3. The molecule has 0 saturated carbocycles. The average Bonchev–Trinajstić information content (AvgIpc) is 2.69. The third-order valence-electron chi connectivity index (χ3n) is 3.95. The zero-order chi connectivity index (χ0) is 22.5. The van der Waals surface area contributed by atoms with E-state index in [1.54, 1.807) is 32.0 Å². The molecule has 0 fully saturated rings. The summed E-state index contributed by atoms with van der Waals surface area (Å²) in [6.45, 7) is 3.60. The van der Waals surface area contributed by atoms with Gasteiger partial charge in [0.1, 0.15) is 0 Å². The van der Waals surface area contributed by atoms with Gasteiger partial charge in [-0.15, -0.1) is 0 Å². The van der Waals surface area contributed by atoms with Crippen molar-refractivity contribution in [3.63, 3.8) is 0 Å². The standard InChI is InChI=1S/C20H16BrClN6O3/c1-11-9-12(2)24-19(23-11)27-20(25-17-6-4-3-5-15(17)21)26-18(29)14-10-13(28(30)31)7-8-16(14)22/h3-10H,1-2H3,(H2,23,24,25,26,27,29). The predicted octanol–water partition coefficient (Wildman–Crippen LogP) is 4.95. The van der Waals surface area contributed by atoms with Gasteiger partial charge in [0.15, 0.2) is 0 Å². The topological polar surface area (TPSA) is 122 Å². The summed E-state index contributed by atoms with van der Waals surface area (Å²) >= 11 is 9.51. The van der Waals surface area contributed by atoms with E-state index in [-0.39, 0.29) is 28.2 Å². The molecule has 0 unspecified atom stereocenters. The van der Waals surface area contributed by atoms with Crippen LogP contribution in [0.4, 0.5) is 17.3 Å². The lowest BCUT2D eigenvalue weighted by Crippen LogP contribution is -2.36. The van der Waals surface area contributed by atoms with Crippen molar-refractivity contribution in [1.82, 2.24) is 15.3 Å². The normalized spacial score (nSPS) is 11.2. The maximum absolute atomic E-state index is 12.9. The van der Waals surface area contributed by atoms with Crippen LogP contribution in [-0.2, 0) is 0 Å². The van der Waals surface area contributed by atoms with Gasteiger partial charge in [-0.3, -0.25) is 20.2 Å². The second kappa shape index (κ2) is 9.63. The second-order valence-corrected chi connectivity index (χ2v) is 7.65. The molecule has 0 aliphatic rings. The molecule has 31 heavy (non-hydrogen) atoms. The molecular formula is C20H16BrClN6O3. The molecule has 3 rings (SSSR count). The largest absolute Gasteiger partial charge is 0.325 e. The number of para-hydroxylation sites is 1. The molecule has 2 aromatic carbocycles. The van der Waals surface area contributed by atoms with Crippen LogP contribution >= 0.6 is 27.5 Å². The third kappa shape index (κ3) is 5.83. The Morgan fingerprint density at radius 2 is 1.81 bits per heavy atom. The number of nitro groups is 1. The number of aromatic nitrogens is 2. The summed E-state index contributed by atoms with van der Waals surface area (Å²) in [4.78, 5) is 36.2. The molecule has 0 aliphatic heterocycles. The van der Waals surface area contributed by atoms with Gasteiger partial charge in [-0.2, -0.15) is 4.99 Å². The van der Waals surface area contributed by atoms with Crippen molar-refractivity contribution in [2.45, 2.75) is 13.8 Å². The number of guanidine groups is 1. The number of carbonyl (C=O) groups excluding carboxylic acids is 1. The first-order valence-corrected chi connectivity index (χ1v) is 10.1. The molecule has 9 nitrogen and oxygen atoms in total. The smallest absolute Gasteiger partial charge is 0.270 e. The Labute approximate surface area is 190 Å². The van der Waals surface area contributed by atoms with Gasteiger partial charge < -0.3 is 5.32 Å². The fraction of sp³-hybridized carbons (Fsp3) is 0.100. The number of aliphatic imine (C=N–C) groups is 1. The minimum absolute atomic E-state index is 0.0180. The number of hydrogen-bond donors (Lipinski definition) is 2. The number of non-ortho nitro benzene ring substituents is 1. The van der Waals surface area contributed by atoms with Crippen LogP contribution < -0.4 is 10.6 Å². The van der Waals surface area contributed by atoms with E-state index >= 15 is 0 Å². The van der Waals surface area contributed by atoms with Crippen LogP contribution in [0.3, 0.4) is 0 Å². The summed E-state index contributed by atoms with van der Waals surface area (Å²) in [5.41, 5.74) is 1.71. The number of nitrogens with zero attached hydrogens (tertiary/aromatic N) is 4. The third-order valence-corrected chi connectivity index (χ3v) is 4.97. The van der Waals surface area contributed by atoms with Crippen molar-refractivity contribution in [1.29, 1.82) is 0 Å². The molecule has 0 radical (unpaired) electrons. The van der Waals surface area contributed by atoms with E-state index in [9.17, 15) is 14.9 Å². The number of amides is 1. The summed E-state index contributed by atoms with van der Waals surface area (Å²) in [6.07, 6.45) is 0. The van der Waals surface area contributed by atoms with Crippen molar-refractivity contribution >= 4 is 56.7 Å². The van der Waals surface area contributed by atoms with Gasteiger partial charge in [0.05, 0.1) is 21.2 Å². The Kier molecular flexibility index (Phi) is 6.93. The lowest BCUT2D eigenvalue weighted by molar-refractivity contribution is -0.384. The highest BCUT2D eigenvalue weighted by Gasteiger charge is 2.18. The van der Waals surface area contributed by atoms with Gasteiger partial charge in [-0.25, -0.2) is 9.97 Å². The molecule has 1 amide bonds. The Morgan fingerprint density at radius 3 is 2.45 bits per heavy atom. The maximum Gasteiger partial charge on any atom is 0.270 e. The van der Waals surface area contributed by atoms with E-state index in [0.29, 0.717) is 17.1 Å². The number of anilines is 1. The fourth-order valence-electron chi connectivity index (χ4n) is 2.61. The molecule has 0 spiro atoms. The highest BCUT2D eigenvalue weighted by Crippen LogP contribution is 2.23. The van der Waals surface area contributed by atoms with Crippen LogP contribution in [0.5, 0.6) is 0 Å². The molecule has 0 saturated heterocycles. The Bertz CT molecular complexity index is 1180. The number of nitro benzene ring substituents is 1. The van der Waals surface area contributed by atoms with E-state index < -0.39 is 10.8 Å². The molecule has 3 aromatic rings. The molecule has 11 heteroatoms. The minimum Gasteiger partial charge on any atom is -0.325 e. The Morgan fingerprint density at radius 1 is 1.13 bits per heavy atom.